The number of fused-ring (bicyclic) bond motifs is 1. The van der Waals surface area contributed by atoms with Gasteiger partial charge in [0.15, 0.2) is 11.6 Å². The van der Waals surface area contributed by atoms with Gasteiger partial charge in [-0.25, -0.2) is 0 Å². The number of hydrogen-bond donors (Lipinski definition) is 0. The minimum atomic E-state index is -1.74. The molecular formula is C38H40O2P+. The lowest BCUT2D eigenvalue weighted by Crippen LogP contribution is -2.33. The van der Waals surface area contributed by atoms with Crippen molar-refractivity contribution >= 4 is 34.7 Å². The summed E-state index contributed by atoms with van der Waals surface area (Å²) in [6.07, 6.45) is 9.96. The molecule has 0 atom stereocenters. The second-order valence-electron chi connectivity index (χ2n) is 11.1. The highest BCUT2D eigenvalue weighted by Crippen LogP contribution is 2.56. The van der Waals surface area contributed by atoms with Gasteiger partial charge in [0.05, 0.1) is 6.16 Å². The summed E-state index contributed by atoms with van der Waals surface area (Å²) in [7, 11) is -1.74. The van der Waals surface area contributed by atoms with Gasteiger partial charge in [0, 0.05) is 22.3 Å². The average molecular weight is 560 g/mol. The molecule has 0 fully saturated rings. The fourth-order valence-electron chi connectivity index (χ4n) is 6.27. The number of carbonyl (C=O) groups is 2. The minimum absolute atomic E-state index is 0.00984. The average Bonchev–Trinajstić information content (AvgIpc) is 3.04. The molecule has 0 aliphatic heterocycles. The van der Waals surface area contributed by atoms with Crippen molar-refractivity contribution in [2.24, 2.45) is 0 Å². The van der Waals surface area contributed by atoms with Crippen LogP contribution in [0.1, 0.15) is 79.0 Å². The molecule has 3 heteroatoms. The lowest BCUT2D eigenvalue weighted by atomic mass is 9.82. The Morgan fingerprint density at radius 2 is 0.854 bits per heavy atom. The molecule has 41 heavy (non-hydrogen) atoms. The Morgan fingerprint density at radius 3 is 1.34 bits per heavy atom. The third-order valence-electron chi connectivity index (χ3n) is 8.49. The normalized spacial score (nSPS) is 13.4. The van der Waals surface area contributed by atoms with E-state index in [2.05, 4.69) is 91.0 Å². The molecule has 0 aromatic heterocycles. The zero-order valence-corrected chi connectivity index (χ0v) is 25.0. The highest BCUT2D eigenvalue weighted by Gasteiger charge is 2.44. The van der Waals surface area contributed by atoms with E-state index in [0.29, 0.717) is 23.1 Å². The molecule has 5 rings (SSSR count). The summed E-state index contributed by atoms with van der Waals surface area (Å²) in [6.45, 7) is 1.81. The summed E-state index contributed by atoms with van der Waals surface area (Å²) >= 11 is 0. The fraction of sp³-hybridized carbons (Fsp3) is 0.263. The molecule has 1 aliphatic rings. The summed E-state index contributed by atoms with van der Waals surface area (Å²) < 4.78 is 0. The number of benzene rings is 4. The Kier molecular flexibility index (Phi) is 9.75. The molecule has 0 unspecified atom stereocenters. The maximum absolute atomic E-state index is 13.0. The van der Waals surface area contributed by atoms with Crippen molar-refractivity contribution in [2.75, 3.05) is 6.16 Å². The van der Waals surface area contributed by atoms with E-state index in [-0.39, 0.29) is 11.6 Å². The van der Waals surface area contributed by atoms with Crippen molar-refractivity contribution in [1.29, 1.82) is 0 Å². The number of unbranched alkanes of at least 4 members (excludes halogenated alkanes) is 6. The van der Waals surface area contributed by atoms with E-state index in [9.17, 15) is 9.59 Å². The Hall–Kier alpha value is -3.61. The van der Waals surface area contributed by atoms with Gasteiger partial charge in [-0.2, -0.15) is 0 Å². The van der Waals surface area contributed by atoms with E-state index < -0.39 is 7.26 Å². The molecular weight excluding hydrogens is 519 g/mol. The standard InChI is InChI=1S/C38H40O2P/c1-30-34(38(40)36-28-18-17-27-35(36)37(30)39)26-16-5-3-2-4-6-19-29-41(31-20-10-7-11-21-31,32-22-12-8-13-23-32)33-24-14-9-15-25-33/h7-15,17-18,20-25,27-28H,2-6,16,19,26,29H2,1H3/q+1. The molecule has 208 valence electrons. The van der Waals surface area contributed by atoms with Crippen molar-refractivity contribution < 1.29 is 9.59 Å². The Bertz CT molecular complexity index is 1390. The van der Waals surface area contributed by atoms with Crippen LogP contribution < -0.4 is 15.9 Å². The van der Waals surface area contributed by atoms with Crippen LogP contribution in [0.25, 0.3) is 0 Å². The van der Waals surface area contributed by atoms with Crippen molar-refractivity contribution in [1.82, 2.24) is 0 Å². The number of Topliss-reactive ketones (excluding diaryl/α,β-unsaturated/α-hetero) is 2. The molecule has 0 bridgehead atoms. The third kappa shape index (κ3) is 6.34. The Labute approximate surface area is 245 Å². The van der Waals surface area contributed by atoms with Crippen molar-refractivity contribution in [2.45, 2.75) is 58.3 Å². The summed E-state index contributed by atoms with van der Waals surface area (Å²) in [4.78, 5) is 25.7. The molecule has 1 aliphatic carbocycles. The number of rotatable bonds is 13. The lowest BCUT2D eigenvalue weighted by molar-refractivity contribution is 0.0971. The van der Waals surface area contributed by atoms with Gasteiger partial charge in [-0.1, -0.05) is 105 Å². The maximum atomic E-state index is 13.0. The predicted octanol–water partition coefficient (Wildman–Crippen LogP) is 8.50. The highest BCUT2D eigenvalue weighted by atomic mass is 31.2. The zero-order chi connectivity index (χ0) is 28.5. The van der Waals surface area contributed by atoms with Gasteiger partial charge in [-0.05, 0) is 69.0 Å². The topological polar surface area (TPSA) is 34.1 Å². The monoisotopic (exact) mass is 559 g/mol. The van der Waals surface area contributed by atoms with Crippen molar-refractivity contribution in [3.63, 3.8) is 0 Å². The fourth-order valence-corrected chi connectivity index (χ4v) is 10.7. The van der Waals surface area contributed by atoms with Gasteiger partial charge in [0.25, 0.3) is 0 Å². The Morgan fingerprint density at radius 1 is 0.463 bits per heavy atom. The van der Waals surface area contributed by atoms with Crippen LogP contribution in [0.5, 0.6) is 0 Å². The number of allylic oxidation sites excluding steroid dienone is 2. The molecule has 0 spiro atoms. The zero-order valence-electron chi connectivity index (χ0n) is 24.1. The van der Waals surface area contributed by atoms with Gasteiger partial charge in [0.1, 0.15) is 23.2 Å². The molecule has 0 heterocycles. The lowest BCUT2D eigenvalue weighted by Gasteiger charge is -2.27. The predicted molar refractivity (Wildman–Crippen MR) is 175 cm³/mol. The van der Waals surface area contributed by atoms with Crippen LogP contribution in [0.3, 0.4) is 0 Å². The van der Waals surface area contributed by atoms with Gasteiger partial charge in [-0.15, -0.1) is 0 Å². The highest BCUT2D eigenvalue weighted by molar-refractivity contribution is 7.95. The first-order valence-electron chi connectivity index (χ1n) is 15.1. The molecule has 0 saturated heterocycles. The van der Waals surface area contributed by atoms with E-state index in [4.69, 9.17) is 0 Å². The first-order chi connectivity index (χ1) is 20.1. The smallest absolute Gasteiger partial charge is 0.190 e. The third-order valence-corrected chi connectivity index (χ3v) is 13.0. The maximum Gasteiger partial charge on any atom is 0.190 e. The van der Waals surface area contributed by atoms with E-state index in [0.717, 1.165) is 18.4 Å². The van der Waals surface area contributed by atoms with E-state index in [1.54, 1.807) is 12.1 Å². The number of hydrogen-bond acceptors (Lipinski definition) is 2. The second kappa shape index (κ2) is 13.8. The quantitative estimate of drug-likeness (QED) is 0.122. The molecule has 0 saturated carbocycles. The van der Waals surface area contributed by atoms with E-state index >= 15 is 0 Å². The molecule has 0 N–H and O–H groups in total. The largest absolute Gasteiger partial charge is 0.289 e. The van der Waals surface area contributed by atoms with Crippen LogP contribution in [-0.2, 0) is 0 Å². The molecule has 0 amide bonds. The van der Waals surface area contributed by atoms with Gasteiger partial charge in [0.2, 0.25) is 0 Å². The Balaban J connectivity index is 1.15. The van der Waals surface area contributed by atoms with Gasteiger partial charge >= 0.3 is 0 Å². The van der Waals surface area contributed by atoms with Crippen LogP contribution in [0.4, 0.5) is 0 Å². The molecule has 4 aromatic carbocycles. The second-order valence-corrected chi connectivity index (χ2v) is 14.7. The van der Waals surface area contributed by atoms with Gasteiger partial charge < -0.3 is 0 Å². The first-order valence-corrected chi connectivity index (χ1v) is 17.0. The summed E-state index contributed by atoms with van der Waals surface area (Å²) in [6, 6.07) is 40.6. The van der Waals surface area contributed by atoms with E-state index in [1.165, 1.54) is 54.2 Å². The van der Waals surface area contributed by atoms with Crippen molar-refractivity contribution in [3.8, 4) is 0 Å². The van der Waals surface area contributed by atoms with Gasteiger partial charge in [-0.3, -0.25) is 9.59 Å². The minimum Gasteiger partial charge on any atom is -0.289 e. The van der Waals surface area contributed by atoms with Crippen LogP contribution in [0, 0.1) is 0 Å². The van der Waals surface area contributed by atoms with Crippen LogP contribution in [0.15, 0.2) is 126 Å². The van der Waals surface area contributed by atoms with E-state index in [1.807, 2.05) is 19.1 Å². The molecule has 4 aromatic rings. The summed E-state index contributed by atoms with van der Waals surface area (Å²) in [5.74, 6) is 0.0513. The van der Waals surface area contributed by atoms with Crippen LogP contribution in [0.2, 0.25) is 0 Å². The van der Waals surface area contributed by atoms with Crippen molar-refractivity contribution in [3.05, 3.63) is 138 Å². The SMILES string of the molecule is CC1=C(CCCCCCCCC[P+](c2ccccc2)(c2ccccc2)c2ccccc2)C(=O)c2ccccc2C1=O. The number of ketones is 2. The molecule has 2 nitrogen and oxygen atoms in total. The van der Waals surface area contributed by atoms with Crippen LogP contribution in [-0.4, -0.2) is 17.7 Å². The molecule has 0 radical (unpaired) electrons. The van der Waals surface area contributed by atoms with Crippen LogP contribution >= 0.6 is 7.26 Å². The summed E-state index contributed by atoms with van der Waals surface area (Å²) in [5.41, 5.74) is 2.48. The number of carbonyl (C=O) groups excluding carboxylic acids is 2. The first kappa shape index (κ1) is 28.9. The summed E-state index contributed by atoms with van der Waals surface area (Å²) in [5, 5.41) is 4.38.